The molecule has 2 aromatic carbocycles. The Morgan fingerprint density at radius 2 is 1.82 bits per heavy atom. The number of carbonyl (C=O) groups excluding carboxylic acids is 1. The van der Waals surface area contributed by atoms with Crippen molar-refractivity contribution < 1.29 is 9.18 Å². The van der Waals surface area contributed by atoms with Crippen LogP contribution in [0.5, 0.6) is 0 Å². The van der Waals surface area contributed by atoms with E-state index in [1.54, 1.807) is 6.07 Å². The molecule has 2 rings (SSSR count). The van der Waals surface area contributed by atoms with E-state index < -0.39 is 0 Å². The van der Waals surface area contributed by atoms with E-state index in [1.165, 1.54) is 12.1 Å². The smallest absolute Gasteiger partial charge is 0.150 e. The monoisotopic (exact) mass is 228 g/mol. The number of aldehydes is 1. The van der Waals surface area contributed by atoms with Crippen LogP contribution in [0.15, 0.2) is 36.4 Å². The van der Waals surface area contributed by atoms with E-state index in [2.05, 4.69) is 0 Å². The number of benzene rings is 2. The maximum Gasteiger partial charge on any atom is 0.150 e. The third kappa shape index (κ3) is 2.26. The lowest BCUT2D eigenvalue weighted by atomic mass is 9.95. The SMILES string of the molecule is Cc1cc(-c2cccc(F)c2)c(C)cc1C=O. The molecular weight excluding hydrogens is 215 g/mol. The van der Waals surface area contributed by atoms with Crippen LogP contribution < -0.4 is 0 Å². The van der Waals surface area contributed by atoms with Gasteiger partial charge in [-0.2, -0.15) is 0 Å². The number of aryl methyl sites for hydroxylation is 2. The van der Waals surface area contributed by atoms with E-state index in [9.17, 15) is 9.18 Å². The molecule has 17 heavy (non-hydrogen) atoms. The molecular formula is C15H13FO. The molecule has 0 aliphatic rings. The molecule has 0 aromatic heterocycles. The molecule has 0 fully saturated rings. The summed E-state index contributed by atoms with van der Waals surface area (Å²) in [4.78, 5) is 10.8. The van der Waals surface area contributed by atoms with Crippen molar-refractivity contribution in [3.8, 4) is 11.1 Å². The van der Waals surface area contributed by atoms with Crippen molar-refractivity contribution in [3.05, 3.63) is 58.9 Å². The van der Waals surface area contributed by atoms with E-state index in [1.807, 2.05) is 32.0 Å². The average Bonchev–Trinajstić information content (AvgIpc) is 2.31. The van der Waals surface area contributed by atoms with E-state index in [0.29, 0.717) is 5.56 Å². The zero-order chi connectivity index (χ0) is 12.4. The third-order valence-corrected chi connectivity index (χ3v) is 2.88. The Labute approximate surface area is 99.9 Å². The molecule has 0 bridgehead atoms. The normalized spacial score (nSPS) is 10.3. The molecule has 0 saturated heterocycles. The molecule has 0 spiro atoms. The standard InChI is InChI=1S/C15H13FO/c1-10-7-15(11(2)6-13(10)9-17)12-4-3-5-14(16)8-12/h3-9H,1-2H3. The fourth-order valence-electron chi connectivity index (χ4n) is 1.93. The summed E-state index contributed by atoms with van der Waals surface area (Å²) in [7, 11) is 0. The van der Waals surface area contributed by atoms with Crippen molar-refractivity contribution in [2.45, 2.75) is 13.8 Å². The molecule has 0 unspecified atom stereocenters. The van der Waals surface area contributed by atoms with Gasteiger partial charge in [0.05, 0.1) is 0 Å². The average molecular weight is 228 g/mol. The number of hydrogen-bond donors (Lipinski definition) is 0. The van der Waals surface area contributed by atoms with E-state index in [0.717, 1.165) is 28.5 Å². The molecule has 86 valence electrons. The van der Waals surface area contributed by atoms with Gasteiger partial charge in [0.25, 0.3) is 0 Å². The summed E-state index contributed by atoms with van der Waals surface area (Å²) in [6, 6.07) is 10.2. The highest BCUT2D eigenvalue weighted by molar-refractivity contribution is 5.81. The Hall–Kier alpha value is -1.96. The highest BCUT2D eigenvalue weighted by atomic mass is 19.1. The number of halogens is 1. The maximum atomic E-state index is 13.2. The van der Waals surface area contributed by atoms with Gasteiger partial charge in [-0.3, -0.25) is 4.79 Å². The summed E-state index contributed by atoms with van der Waals surface area (Å²) < 4.78 is 13.2. The molecule has 0 saturated carbocycles. The quantitative estimate of drug-likeness (QED) is 0.712. The molecule has 0 aliphatic carbocycles. The Balaban J connectivity index is 2.60. The van der Waals surface area contributed by atoms with Gasteiger partial charge in [0.2, 0.25) is 0 Å². The summed E-state index contributed by atoms with van der Waals surface area (Å²) in [6.07, 6.45) is 0.845. The van der Waals surface area contributed by atoms with Crippen LogP contribution in [0.4, 0.5) is 4.39 Å². The highest BCUT2D eigenvalue weighted by Gasteiger charge is 2.06. The third-order valence-electron chi connectivity index (χ3n) is 2.88. The molecule has 0 aliphatic heterocycles. The summed E-state index contributed by atoms with van der Waals surface area (Å²) in [5.41, 5.74) is 4.37. The van der Waals surface area contributed by atoms with Gasteiger partial charge < -0.3 is 0 Å². The highest BCUT2D eigenvalue weighted by Crippen LogP contribution is 2.26. The summed E-state index contributed by atoms with van der Waals surface area (Å²) in [5, 5.41) is 0. The van der Waals surface area contributed by atoms with Gasteiger partial charge in [-0.15, -0.1) is 0 Å². The zero-order valence-corrected chi connectivity index (χ0v) is 9.83. The fourth-order valence-corrected chi connectivity index (χ4v) is 1.93. The largest absolute Gasteiger partial charge is 0.298 e. The second kappa shape index (κ2) is 4.50. The van der Waals surface area contributed by atoms with Crippen LogP contribution in [-0.4, -0.2) is 6.29 Å². The van der Waals surface area contributed by atoms with Crippen LogP contribution in [0.2, 0.25) is 0 Å². The summed E-state index contributed by atoms with van der Waals surface area (Å²) >= 11 is 0. The molecule has 2 aromatic rings. The first-order valence-electron chi connectivity index (χ1n) is 5.44. The van der Waals surface area contributed by atoms with Gasteiger partial charge in [-0.1, -0.05) is 18.2 Å². The fraction of sp³-hybridized carbons (Fsp3) is 0.133. The van der Waals surface area contributed by atoms with Gasteiger partial charge in [0.1, 0.15) is 12.1 Å². The van der Waals surface area contributed by atoms with Crippen LogP contribution in [0.1, 0.15) is 21.5 Å². The van der Waals surface area contributed by atoms with E-state index in [4.69, 9.17) is 0 Å². The molecule has 0 heterocycles. The minimum atomic E-state index is -0.251. The first-order chi connectivity index (χ1) is 8.11. The minimum absolute atomic E-state index is 0.251. The Kier molecular flexibility index (Phi) is 3.05. The summed E-state index contributed by atoms with van der Waals surface area (Å²) in [6.45, 7) is 3.80. The van der Waals surface area contributed by atoms with E-state index >= 15 is 0 Å². The molecule has 0 atom stereocenters. The Morgan fingerprint density at radius 3 is 2.47 bits per heavy atom. The van der Waals surface area contributed by atoms with Crippen molar-refractivity contribution in [1.29, 1.82) is 0 Å². The molecule has 2 heteroatoms. The van der Waals surface area contributed by atoms with Gasteiger partial charge in [-0.25, -0.2) is 4.39 Å². The number of hydrogen-bond acceptors (Lipinski definition) is 1. The van der Waals surface area contributed by atoms with Crippen molar-refractivity contribution in [3.63, 3.8) is 0 Å². The lowest BCUT2D eigenvalue weighted by molar-refractivity contribution is 0.112. The number of rotatable bonds is 2. The zero-order valence-electron chi connectivity index (χ0n) is 9.83. The molecule has 0 N–H and O–H groups in total. The van der Waals surface area contributed by atoms with Gasteiger partial charge in [-0.05, 0) is 54.3 Å². The maximum absolute atomic E-state index is 13.2. The van der Waals surface area contributed by atoms with Gasteiger partial charge in [0, 0.05) is 5.56 Å². The van der Waals surface area contributed by atoms with Crippen LogP contribution >= 0.6 is 0 Å². The van der Waals surface area contributed by atoms with Gasteiger partial charge in [0.15, 0.2) is 0 Å². The molecule has 0 radical (unpaired) electrons. The van der Waals surface area contributed by atoms with Crippen molar-refractivity contribution in [2.24, 2.45) is 0 Å². The predicted octanol–water partition coefficient (Wildman–Crippen LogP) is 3.92. The summed E-state index contributed by atoms with van der Waals surface area (Å²) in [5.74, 6) is -0.251. The van der Waals surface area contributed by atoms with E-state index in [-0.39, 0.29) is 5.82 Å². The topological polar surface area (TPSA) is 17.1 Å². The first-order valence-corrected chi connectivity index (χ1v) is 5.44. The van der Waals surface area contributed by atoms with Crippen LogP contribution in [0, 0.1) is 19.7 Å². The Morgan fingerprint density at radius 1 is 1.06 bits per heavy atom. The van der Waals surface area contributed by atoms with Gasteiger partial charge >= 0.3 is 0 Å². The minimum Gasteiger partial charge on any atom is -0.298 e. The second-order valence-corrected chi connectivity index (χ2v) is 4.15. The van der Waals surface area contributed by atoms with Crippen molar-refractivity contribution in [1.82, 2.24) is 0 Å². The predicted molar refractivity (Wildman–Crippen MR) is 66.7 cm³/mol. The lowest BCUT2D eigenvalue weighted by Gasteiger charge is -2.09. The van der Waals surface area contributed by atoms with Crippen LogP contribution in [0.25, 0.3) is 11.1 Å². The lowest BCUT2D eigenvalue weighted by Crippen LogP contribution is -1.92. The van der Waals surface area contributed by atoms with Crippen molar-refractivity contribution >= 4 is 6.29 Å². The van der Waals surface area contributed by atoms with Crippen LogP contribution in [-0.2, 0) is 0 Å². The molecule has 0 amide bonds. The molecule has 1 nitrogen and oxygen atoms in total. The Bertz CT molecular complexity index is 573. The van der Waals surface area contributed by atoms with Crippen LogP contribution in [0.3, 0.4) is 0 Å². The second-order valence-electron chi connectivity index (χ2n) is 4.15. The van der Waals surface area contributed by atoms with Crippen molar-refractivity contribution in [2.75, 3.05) is 0 Å². The number of carbonyl (C=O) groups is 1. The first kappa shape index (κ1) is 11.5.